The monoisotopic (exact) mass is 454 g/mol. The van der Waals surface area contributed by atoms with E-state index in [9.17, 15) is 9.18 Å². The fourth-order valence-electron chi connectivity index (χ4n) is 2.49. The maximum Gasteiger partial charge on any atom is 0.407 e. The van der Waals surface area contributed by atoms with Crippen molar-refractivity contribution in [3.05, 3.63) is 51.6 Å². The molecule has 0 atom stereocenters. The zero-order valence-corrected chi connectivity index (χ0v) is 17.2. The van der Waals surface area contributed by atoms with Gasteiger partial charge in [-0.1, -0.05) is 11.6 Å². The van der Waals surface area contributed by atoms with Crippen molar-refractivity contribution in [3.8, 4) is 11.3 Å². The molecule has 0 saturated heterocycles. The summed E-state index contributed by atoms with van der Waals surface area (Å²) in [6, 6.07) is 4.57. The lowest BCUT2D eigenvalue weighted by molar-refractivity contribution is 0.0523. The van der Waals surface area contributed by atoms with E-state index in [0.717, 1.165) is 4.47 Å². The molecule has 0 aliphatic carbocycles. The van der Waals surface area contributed by atoms with Crippen molar-refractivity contribution in [2.45, 2.75) is 32.9 Å². The lowest BCUT2D eigenvalue weighted by atomic mass is 10.1. The highest BCUT2D eigenvalue weighted by Crippen LogP contribution is 2.31. The average Bonchev–Trinajstić information content (AvgIpc) is 2.94. The van der Waals surface area contributed by atoms with Crippen LogP contribution in [-0.4, -0.2) is 26.3 Å². The van der Waals surface area contributed by atoms with Crippen LogP contribution >= 0.6 is 27.5 Å². The first-order valence-electron chi connectivity index (χ1n) is 8.08. The Morgan fingerprint density at radius 3 is 2.81 bits per heavy atom. The molecule has 0 saturated carbocycles. The Bertz CT molecular complexity index is 1020. The second-order valence-corrected chi connectivity index (χ2v) is 8.20. The van der Waals surface area contributed by atoms with Crippen molar-refractivity contribution < 1.29 is 13.9 Å². The molecule has 142 valence electrons. The molecule has 0 aliphatic rings. The molecule has 0 fully saturated rings. The molecule has 27 heavy (non-hydrogen) atoms. The standard InChI is InChI=1S/C18H17BrClFN4O2/c1-18(2,3)27-17(26)22-7-10-4-14(21)12(6-13(10)20)16-15-5-11(19)8-25(15)24-9-23-16/h4-6,8-9H,7H2,1-3H3,(H,22,26). The zero-order valence-electron chi connectivity index (χ0n) is 14.9. The molecule has 0 bridgehead atoms. The van der Waals surface area contributed by atoms with Gasteiger partial charge in [-0.05, 0) is 60.5 Å². The summed E-state index contributed by atoms with van der Waals surface area (Å²) >= 11 is 9.68. The third kappa shape index (κ3) is 4.56. The molecule has 9 heteroatoms. The number of hydrogen-bond donors (Lipinski definition) is 1. The predicted molar refractivity (Wildman–Crippen MR) is 104 cm³/mol. The Balaban J connectivity index is 1.88. The second-order valence-electron chi connectivity index (χ2n) is 6.88. The second kappa shape index (κ2) is 7.44. The summed E-state index contributed by atoms with van der Waals surface area (Å²) in [7, 11) is 0. The number of alkyl carbamates (subject to hydrolysis) is 1. The van der Waals surface area contributed by atoms with E-state index in [1.165, 1.54) is 18.5 Å². The minimum Gasteiger partial charge on any atom is -0.444 e. The number of benzene rings is 1. The van der Waals surface area contributed by atoms with Gasteiger partial charge in [-0.25, -0.2) is 18.7 Å². The Morgan fingerprint density at radius 2 is 2.11 bits per heavy atom. The molecule has 3 rings (SSSR count). The average molecular weight is 456 g/mol. The molecule has 2 aromatic heterocycles. The topological polar surface area (TPSA) is 68.5 Å². The lowest BCUT2D eigenvalue weighted by Gasteiger charge is -2.20. The summed E-state index contributed by atoms with van der Waals surface area (Å²) in [5.41, 5.74) is 1.12. The van der Waals surface area contributed by atoms with E-state index >= 15 is 0 Å². The van der Waals surface area contributed by atoms with Gasteiger partial charge >= 0.3 is 6.09 Å². The molecule has 1 amide bonds. The maximum absolute atomic E-state index is 14.8. The fraction of sp³-hybridized carbons (Fsp3) is 0.278. The number of carbonyl (C=O) groups excluding carboxylic acids is 1. The molecule has 6 nitrogen and oxygen atoms in total. The number of nitrogens with zero attached hydrogens (tertiary/aromatic N) is 3. The van der Waals surface area contributed by atoms with E-state index in [2.05, 4.69) is 31.3 Å². The van der Waals surface area contributed by atoms with Crippen LogP contribution in [0.1, 0.15) is 26.3 Å². The van der Waals surface area contributed by atoms with Crippen molar-refractivity contribution in [1.82, 2.24) is 19.9 Å². The van der Waals surface area contributed by atoms with Crippen LogP contribution in [0.5, 0.6) is 0 Å². The van der Waals surface area contributed by atoms with Crippen molar-refractivity contribution in [2.75, 3.05) is 0 Å². The van der Waals surface area contributed by atoms with Gasteiger partial charge in [0, 0.05) is 27.8 Å². The highest BCUT2D eigenvalue weighted by Gasteiger charge is 2.18. The minimum absolute atomic E-state index is 0.0425. The molecular weight excluding hydrogens is 439 g/mol. The first kappa shape index (κ1) is 19.6. The van der Waals surface area contributed by atoms with E-state index in [4.69, 9.17) is 16.3 Å². The molecule has 0 spiro atoms. The quantitative estimate of drug-likeness (QED) is 0.605. The number of fused-ring (bicyclic) bond motifs is 1. The lowest BCUT2D eigenvalue weighted by Crippen LogP contribution is -2.32. The van der Waals surface area contributed by atoms with Crippen LogP contribution in [0, 0.1) is 5.82 Å². The van der Waals surface area contributed by atoms with Crippen molar-refractivity contribution in [3.63, 3.8) is 0 Å². The molecule has 0 aliphatic heterocycles. The van der Waals surface area contributed by atoms with Gasteiger partial charge < -0.3 is 10.1 Å². The predicted octanol–water partition coefficient (Wildman–Crippen LogP) is 4.98. The summed E-state index contributed by atoms with van der Waals surface area (Å²) in [4.78, 5) is 16.0. The van der Waals surface area contributed by atoms with Gasteiger partial charge in [-0.15, -0.1) is 0 Å². The number of carbonyl (C=O) groups is 1. The molecule has 1 aromatic carbocycles. The van der Waals surface area contributed by atoms with E-state index < -0.39 is 17.5 Å². The van der Waals surface area contributed by atoms with E-state index in [0.29, 0.717) is 21.8 Å². The van der Waals surface area contributed by atoms with Gasteiger partial charge in [0.15, 0.2) is 0 Å². The van der Waals surface area contributed by atoms with Crippen molar-refractivity contribution in [1.29, 1.82) is 0 Å². The zero-order chi connectivity index (χ0) is 19.8. The van der Waals surface area contributed by atoms with Crippen LogP contribution in [0.25, 0.3) is 16.8 Å². The first-order valence-corrected chi connectivity index (χ1v) is 9.25. The van der Waals surface area contributed by atoms with E-state index in [1.807, 2.05) is 0 Å². The van der Waals surface area contributed by atoms with Gasteiger partial charge in [-0.3, -0.25) is 0 Å². The number of rotatable bonds is 3. The van der Waals surface area contributed by atoms with E-state index in [1.54, 1.807) is 37.5 Å². The maximum atomic E-state index is 14.8. The Kier molecular flexibility index (Phi) is 5.39. The molecule has 1 N–H and O–H groups in total. The normalized spacial score (nSPS) is 11.6. The summed E-state index contributed by atoms with van der Waals surface area (Å²) in [6.07, 6.45) is 2.50. The Labute approximate surface area is 168 Å². The number of amides is 1. The van der Waals surface area contributed by atoms with Crippen LogP contribution in [-0.2, 0) is 11.3 Å². The van der Waals surface area contributed by atoms with Gasteiger partial charge in [0.05, 0.1) is 5.52 Å². The highest BCUT2D eigenvalue weighted by molar-refractivity contribution is 9.10. The number of hydrogen-bond acceptors (Lipinski definition) is 4. The van der Waals surface area contributed by atoms with Crippen molar-refractivity contribution >= 4 is 39.1 Å². The number of aromatic nitrogens is 3. The summed E-state index contributed by atoms with van der Waals surface area (Å²) in [5, 5.41) is 6.97. The largest absolute Gasteiger partial charge is 0.444 e. The Hall–Kier alpha value is -2.19. The van der Waals surface area contributed by atoms with Gasteiger partial charge in [0.1, 0.15) is 23.4 Å². The third-order valence-electron chi connectivity index (χ3n) is 3.59. The van der Waals surface area contributed by atoms with Gasteiger partial charge in [-0.2, -0.15) is 5.10 Å². The molecular formula is C18H17BrClFN4O2. The molecule has 0 radical (unpaired) electrons. The van der Waals surface area contributed by atoms with Crippen LogP contribution in [0.2, 0.25) is 5.02 Å². The number of nitrogens with one attached hydrogen (secondary N) is 1. The van der Waals surface area contributed by atoms with Crippen LogP contribution in [0.4, 0.5) is 9.18 Å². The van der Waals surface area contributed by atoms with Crippen LogP contribution in [0.15, 0.2) is 35.2 Å². The van der Waals surface area contributed by atoms with Gasteiger partial charge in [0.2, 0.25) is 0 Å². The molecule has 0 unspecified atom stereocenters. The molecule has 2 heterocycles. The SMILES string of the molecule is CC(C)(C)OC(=O)NCc1cc(F)c(-c2ncnn3cc(Br)cc23)cc1Cl. The summed E-state index contributed by atoms with van der Waals surface area (Å²) < 4.78 is 22.3. The third-order valence-corrected chi connectivity index (χ3v) is 4.37. The van der Waals surface area contributed by atoms with E-state index in [-0.39, 0.29) is 12.1 Å². The highest BCUT2D eigenvalue weighted by atomic mass is 79.9. The number of ether oxygens (including phenoxy) is 1. The van der Waals surface area contributed by atoms with Crippen LogP contribution in [0.3, 0.4) is 0 Å². The number of halogens is 3. The first-order chi connectivity index (χ1) is 12.6. The van der Waals surface area contributed by atoms with Gasteiger partial charge in [0.25, 0.3) is 0 Å². The van der Waals surface area contributed by atoms with Crippen LogP contribution < -0.4 is 5.32 Å². The fourth-order valence-corrected chi connectivity index (χ4v) is 3.13. The Morgan fingerprint density at radius 1 is 1.37 bits per heavy atom. The summed E-state index contributed by atoms with van der Waals surface area (Å²) in [6.45, 7) is 5.32. The smallest absolute Gasteiger partial charge is 0.407 e. The molecule has 3 aromatic rings. The van der Waals surface area contributed by atoms with Crippen molar-refractivity contribution in [2.24, 2.45) is 0 Å². The minimum atomic E-state index is -0.618. The summed E-state index contributed by atoms with van der Waals surface area (Å²) in [5.74, 6) is -0.502.